The van der Waals surface area contributed by atoms with Crippen molar-refractivity contribution >= 4 is 15.7 Å². The summed E-state index contributed by atoms with van der Waals surface area (Å²) in [6.07, 6.45) is 1.89. The number of methoxy groups -OCH3 is 1. The van der Waals surface area contributed by atoms with Crippen LogP contribution in [-0.4, -0.2) is 21.6 Å². The molecule has 0 saturated heterocycles. The maximum absolute atomic E-state index is 12.2. The zero-order chi connectivity index (χ0) is 13.3. The molecule has 6 heteroatoms. The van der Waals surface area contributed by atoms with Crippen molar-refractivity contribution in [3.05, 3.63) is 18.2 Å². The molecule has 1 aromatic rings. The third kappa shape index (κ3) is 2.59. The second-order valence-corrected chi connectivity index (χ2v) is 6.22. The van der Waals surface area contributed by atoms with E-state index in [9.17, 15) is 8.42 Å². The Bertz CT molecular complexity index is 542. The maximum atomic E-state index is 12.2. The van der Waals surface area contributed by atoms with Crippen LogP contribution in [0.2, 0.25) is 0 Å². The van der Waals surface area contributed by atoms with E-state index in [-0.39, 0.29) is 10.9 Å². The Morgan fingerprint density at radius 2 is 2.22 bits per heavy atom. The number of hydrogen-bond acceptors (Lipinski definition) is 4. The van der Waals surface area contributed by atoms with Gasteiger partial charge in [-0.2, -0.15) is 0 Å². The predicted molar refractivity (Wildman–Crippen MR) is 69.9 cm³/mol. The standard InChI is InChI=1S/C12H18N2O3S/c1-3-8-6-10(8)14-18(15,16)12-7-9(13)4-5-11(12)17-2/h4-5,7-8,10,14H,3,6,13H2,1-2H3. The first-order valence-electron chi connectivity index (χ1n) is 5.93. The summed E-state index contributed by atoms with van der Waals surface area (Å²) in [5.74, 6) is 0.761. The topological polar surface area (TPSA) is 81.4 Å². The summed E-state index contributed by atoms with van der Waals surface area (Å²) < 4.78 is 32.2. The Kier molecular flexibility index (Phi) is 3.49. The van der Waals surface area contributed by atoms with Crippen molar-refractivity contribution in [1.29, 1.82) is 0 Å². The van der Waals surface area contributed by atoms with E-state index in [0.29, 0.717) is 17.4 Å². The predicted octanol–water partition coefficient (Wildman–Crippen LogP) is 1.35. The first kappa shape index (κ1) is 13.2. The van der Waals surface area contributed by atoms with Crippen molar-refractivity contribution < 1.29 is 13.2 Å². The minimum atomic E-state index is -3.56. The molecule has 0 spiro atoms. The molecule has 0 aromatic heterocycles. The smallest absolute Gasteiger partial charge is 0.244 e. The van der Waals surface area contributed by atoms with E-state index < -0.39 is 10.0 Å². The Labute approximate surface area is 107 Å². The van der Waals surface area contributed by atoms with Gasteiger partial charge in [-0.25, -0.2) is 13.1 Å². The van der Waals surface area contributed by atoms with Crippen LogP contribution in [0.25, 0.3) is 0 Å². The van der Waals surface area contributed by atoms with Gasteiger partial charge >= 0.3 is 0 Å². The van der Waals surface area contributed by atoms with Gasteiger partial charge in [0.05, 0.1) is 7.11 Å². The normalized spacial score (nSPS) is 22.8. The molecule has 100 valence electrons. The van der Waals surface area contributed by atoms with Gasteiger partial charge in [-0.1, -0.05) is 13.3 Å². The molecule has 1 aliphatic rings. The summed E-state index contributed by atoms with van der Waals surface area (Å²) in [4.78, 5) is 0.103. The summed E-state index contributed by atoms with van der Waals surface area (Å²) in [5.41, 5.74) is 6.03. The highest BCUT2D eigenvalue weighted by Gasteiger charge is 2.39. The van der Waals surface area contributed by atoms with Gasteiger partial charge in [0.1, 0.15) is 10.6 Å². The molecule has 0 heterocycles. The summed E-state index contributed by atoms with van der Waals surface area (Å²) in [6, 6.07) is 4.65. The minimum Gasteiger partial charge on any atom is -0.495 e. The maximum Gasteiger partial charge on any atom is 0.244 e. The van der Waals surface area contributed by atoms with Gasteiger partial charge in [0.15, 0.2) is 0 Å². The molecule has 0 aliphatic heterocycles. The number of nitrogens with one attached hydrogen (secondary N) is 1. The van der Waals surface area contributed by atoms with Crippen molar-refractivity contribution in [2.45, 2.75) is 30.7 Å². The van der Waals surface area contributed by atoms with Crippen molar-refractivity contribution in [2.75, 3.05) is 12.8 Å². The lowest BCUT2D eigenvalue weighted by atomic mass is 10.3. The molecule has 2 atom stereocenters. The molecule has 0 amide bonds. The van der Waals surface area contributed by atoms with Gasteiger partial charge in [0.25, 0.3) is 0 Å². The molecule has 1 aromatic carbocycles. The SMILES string of the molecule is CCC1CC1NS(=O)(=O)c1cc(N)ccc1OC. The van der Waals surface area contributed by atoms with Gasteiger partial charge in [-0.05, 0) is 30.5 Å². The first-order chi connectivity index (χ1) is 8.47. The fourth-order valence-corrected chi connectivity index (χ4v) is 3.53. The Balaban J connectivity index is 2.26. The van der Waals surface area contributed by atoms with Gasteiger partial charge in [-0.3, -0.25) is 0 Å². The number of anilines is 1. The quantitative estimate of drug-likeness (QED) is 0.791. The zero-order valence-corrected chi connectivity index (χ0v) is 11.3. The second kappa shape index (κ2) is 4.78. The van der Waals surface area contributed by atoms with Crippen LogP contribution in [0, 0.1) is 5.92 Å². The Hall–Kier alpha value is -1.27. The fraction of sp³-hybridized carbons (Fsp3) is 0.500. The van der Waals surface area contributed by atoms with E-state index in [0.717, 1.165) is 12.8 Å². The molecular weight excluding hydrogens is 252 g/mol. The molecule has 1 fully saturated rings. The van der Waals surface area contributed by atoms with E-state index in [1.807, 2.05) is 0 Å². The lowest BCUT2D eigenvalue weighted by Gasteiger charge is -2.11. The monoisotopic (exact) mass is 270 g/mol. The Morgan fingerprint density at radius 1 is 1.50 bits per heavy atom. The van der Waals surface area contributed by atoms with Crippen LogP contribution in [0.5, 0.6) is 5.75 Å². The third-order valence-corrected chi connectivity index (χ3v) is 4.74. The molecule has 0 bridgehead atoms. The van der Waals surface area contributed by atoms with E-state index in [1.54, 1.807) is 12.1 Å². The highest BCUT2D eigenvalue weighted by atomic mass is 32.2. The van der Waals surface area contributed by atoms with Crippen LogP contribution in [0.3, 0.4) is 0 Å². The van der Waals surface area contributed by atoms with Gasteiger partial charge in [0.2, 0.25) is 10.0 Å². The molecule has 2 rings (SSSR count). The van der Waals surface area contributed by atoms with Crippen LogP contribution in [-0.2, 0) is 10.0 Å². The van der Waals surface area contributed by atoms with Crippen LogP contribution < -0.4 is 15.2 Å². The van der Waals surface area contributed by atoms with Gasteiger partial charge in [-0.15, -0.1) is 0 Å². The average Bonchev–Trinajstić information content (AvgIpc) is 3.06. The summed E-state index contributed by atoms with van der Waals surface area (Å²) >= 11 is 0. The molecule has 5 nitrogen and oxygen atoms in total. The molecule has 18 heavy (non-hydrogen) atoms. The Morgan fingerprint density at radius 3 is 2.78 bits per heavy atom. The van der Waals surface area contributed by atoms with Crippen LogP contribution >= 0.6 is 0 Å². The number of benzene rings is 1. The van der Waals surface area contributed by atoms with Gasteiger partial charge in [0, 0.05) is 11.7 Å². The molecule has 1 aliphatic carbocycles. The molecular formula is C12H18N2O3S. The van der Waals surface area contributed by atoms with Crippen LogP contribution in [0.1, 0.15) is 19.8 Å². The lowest BCUT2D eigenvalue weighted by molar-refractivity contribution is 0.402. The second-order valence-electron chi connectivity index (χ2n) is 4.54. The molecule has 2 unspecified atom stereocenters. The molecule has 0 radical (unpaired) electrons. The lowest BCUT2D eigenvalue weighted by Crippen LogP contribution is -2.27. The van der Waals surface area contributed by atoms with Gasteiger partial charge < -0.3 is 10.5 Å². The van der Waals surface area contributed by atoms with E-state index in [1.165, 1.54) is 13.2 Å². The van der Waals surface area contributed by atoms with E-state index in [4.69, 9.17) is 10.5 Å². The van der Waals surface area contributed by atoms with Crippen LogP contribution in [0.15, 0.2) is 23.1 Å². The zero-order valence-electron chi connectivity index (χ0n) is 10.5. The molecule has 3 N–H and O–H groups in total. The number of hydrogen-bond donors (Lipinski definition) is 2. The van der Waals surface area contributed by atoms with Crippen molar-refractivity contribution in [3.63, 3.8) is 0 Å². The number of rotatable bonds is 5. The first-order valence-corrected chi connectivity index (χ1v) is 7.42. The highest BCUT2D eigenvalue weighted by Crippen LogP contribution is 2.35. The fourth-order valence-electron chi connectivity index (χ4n) is 2.01. The van der Waals surface area contributed by atoms with E-state index in [2.05, 4.69) is 11.6 Å². The highest BCUT2D eigenvalue weighted by molar-refractivity contribution is 7.89. The number of nitrogen functional groups attached to an aromatic ring is 1. The van der Waals surface area contributed by atoms with Crippen molar-refractivity contribution in [3.8, 4) is 5.75 Å². The molecule has 1 saturated carbocycles. The van der Waals surface area contributed by atoms with Crippen LogP contribution in [0.4, 0.5) is 5.69 Å². The number of nitrogens with two attached hydrogens (primary N) is 1. The third-order valence-electron chi connectivity index (χ3n) is 3.23. The summed E-state index contributed by atoms with van der Waals surface area (Å²) in [6.45, 7) is 2.06. The largest absolute Gasteiger partial charge is 0.495 e. The summed E-state index contributed by atoms with van der Waals surface area (Å²) in [5, 5.41) is 0. The average molecular weight is 270 g/mol. The minimum absolute atomic E-state index is 0.0473. The summed E-state index contributed by atoms with van der Waals surface area (Å²) in [7, 11) is -2.12. The number of sulfonamides is 1. The van der Waals surface area contributed by atoms with E-state index >= 15 is 0 Å². The number of ether oxygens (including phenoxy) is 1. The van der Waals surface area contributed by atoms with Crippen molar-refractivity contribution in [1.82, 2.24) is 4.72 Å². The van der Waals surface area contributed by atoms with Crippen molar-refractivity contribution in [2.24, 2.45) is 5.92 Å².